The smallest absolute Gasteiger partial charge is 0.261 e. The number of anilines is 1. The van der Waals surface area contributed by atoms with Crippen molar-refractivity contribution in [3.63, 3.8) is 0 Å². The molecular formula is C22H24N2O5. The van der Waals surface area contributed by atoms with E-state index in [1.807, 2.05) is 13.0 Å². The Morgan fingerprint density at radius 2 is 1.79 bits per heavy atom. The van der Waals surface area contributed by atoms with Crippen LogP contribution in [0.25, 0.3) is 0 Å². The SMILES string of the molecule is CCCOc1ccccc1NC(=O)c1ccc2c(c1)C(=O)N(CCCOC)C2=O. The number of methoxy groups -OCH3 is 1. The molecule has 0 aliphatic carbocycles. The fraction of sp³-hybridized carbons (Fsp3) is 0.318. The van der Waals surface area contributed by atoms with E-state index in [-0.39, 0.29) is 29.8 Å². The van der Waals surface area contributed by atoms with Crippen LogP contribution >= 0.6 is 0 Å². The Balaban J connectivity index is 1.77. The second-order valence-corrected chi connectivity index (χ2v) is 6.67. The van der Waals surface area contributed by atoms with E-state index in [4.69, 9.17) is 9.47 Å². The standard InChI is InChI=1S/C22H24N2O5/c1-3-12-29-19-8-5-4-7-18(19)23-20(25)15-9-10-16-17(14-15)22(27)24(21(16)26)11-6-13-28-2/h4-5,7-10,14H,3,6,11-13H2,1-2H3,(H,23,25). The predicted octanol–water partition coefficient (Wildman–Crippen LogP) is 3.36. The van der Waals surface area contributed by atoms with Crippen molar-refractivity contribution in [3.8, 4) is 5.75 Å². The number of fused-ring (bicyclic) bond motifs is 1. The highest BCUT2D eigenvalue weighted by Crippen LogP contribution is 2.27. The van der Waals surface area contributed by atoms with Gasteiger partial charge < -0.3 is 14.8 Å². The highest BCUT2D eigenvalue weighted by atomic mass is 16.5. The quantitative estimate of drug-likeness (QED) is 0.519. The van der Waals surface area contributed by atoms with Gasteiger partial charge in [0.2, 0.25) is 0 Å². The van der Waals surface area contributed by atoms with Gasteiger partial charge in [-0.05, 0) is 43.2 Å². The second kappa shape index (κ2) is 9.34. The lowest BCUT2D eigenvalue weighted by atomic mass is 10.1. The number of nitrogens with one attached hydrogen (secondary N) is 1. The molecule has 3 rings (SSSR count). The predicted molar refractivity (Wildman–Crippen MR) is 108 cm³/mol. The lowest BCUT2D eigenvalue weighted by molar-refractivity contribution is 0.0638. The maximum absolute atomic E-state index is 12.7. The van der Waals surface area contributed by atoms with E-state index in [9.17, 15) is 14.4 Å². The van der Waals surface area contributed by atoms with Crippen molar-refractivity contribution in [1.82, 2.24) is 4.90 Å². The lowest BCUT2D eigenvalue weighted by Gasteiger charge is -2.12. The molecule has 1 N–H and O–H groups in total. The van der Waals surface area contributed by atoms with Crippen molar-refractivity contribution in [2.24, 2.45) is 0 Å². The first kappa shape index (κ1) is 20.5. The van der Waals surface area contributed by atoms with Gasteiger partial charge in [-0.25, -0.2) is 0 Å². The van der Waals surface area contributed by atoms with Gasteiger partial charge in [0.25, 0.3) is 17.7 Å². The monoisotopic (exact) mass is 396 g/mol. The van der Waals surface area contributed by atoms with Crippen molar-refractivity contribution in [2.75, 3.05) is 32.2 Å². The molecule has 0 bridgehead atoms. The number of hydrogen-bond donors (Lipinski definition) is 1. The Labute approximate surface area is 169 Å². The zero-order valence-electron chi connectivity index (χ0n) is 16.6. The molecule has 0 fully saturated rings. The fourth-order valence-corrected chi connectivity index (χ4v) is 3.10. The summed E-state index contributed by atoms with van der Waals surface area (Å²) in [5.41, 5.74) is 1.41. The van der Waals surface area contributed by atoms with Crippen LogP contribution in [0.2, 0.25) is 0 Å². The molecule has 29 heavy (non-hydrogen) atoms. The van der Waals surface area contributed by atoms with Crippen molar-refractivity contribution in [3.05, 3.63) is 59.2 Å². The molecule has 1 aliphatic rings. The first-order valence-corrected chi connectivity index (χ1v) is 9.59. The number of carbonyl (C=O) groups is 3. The van der Waals surface area contributed by atoms with Crippen molar-refractivity contribution < 1.29 is 23.9 Å². The third-order valence-corrected chi connectivity index (χ3v) is 4.56. The molecule has 1 heterocycles. The van der Waals surface area contributed by atoms with Crippen LogP contribution in [0.15, 0.2) is 42.5 Å². The summed E-state index contributed by atoms with van der Waals surface area (Å²) >= 11 is 0. The molecular weight excluding hydrogens is 372 g/mol. The van der Waals surface area contributed by atoms with E-state index in [1.54, 1.807) is 31.4 Å². The number of nitrogens with zero attached hydrogens (tertiary/aromatic N) is 1. The summed E-state index contributed by atoms with van der Waals surface area (Å²) in [7, 11) is 1.57. The third-order valence-electron chi connectivity index (χ3n) is 4.56. The molecule has 0 saturated heterocycles. The van der Waals surface area contributed by atoms with Crippen LogP contribution in [0.3, 0.4) is 0 Å². The molecule has 0 radical (unpaired) electrons. The number of carbonyl (C=O) groups excluding carboxylic acids is 3. The molecule has 1 aliphatic heterocycles. The van der Waals surface area contributed by atoms with Gasteiger partial charge in [0.1, 0.15) is 5.75 Å². The number of rotatable bonds is 9. The Bertz CT molecular complexity index is 925. The average Bonchev–Trinajstić information content (AvgIpc) is 2.97. The molecule has 2 aromatic rings. The first-order chi connectivity index (χ1) is 14.1. The summed E-state index contributed by atoms with van der Waals surface area (Å²) in [6.07, 6.45) is 1.41. The number of ether oxygens (including phenoxy) is 2. The minimum atomic E-state index is -0.387. The van der Waals surface area contributed by atoms with Gasteiger partial charge in [-0.3, -0.25) is 19.3 Å². The van der Waals surface area contributed by atoms with Crippen LogP contribution in [0.5, 0.6) is 5.75 Å². The van der Waals surface area contributed by atoms with E-state index in [2.05, 4.69) is 5.32 Å². The molecule has 0 spiro atoms. The Hall–Kier alpha value is -3.19. The number of amides is 3. The Morgan fingerprint density at radius 1 is 1.03 bits per heavy atom. The number of imide groups is 1. The summed E-state index contributed by atoms with van der Waals surface area (Å²) < 4.78 is 10.6. The van der Waals surface area contributed by atoms with Crippen LogP contribution in [-0.2, 0) is 4.74 Å². The summed E-state index contributed by atoms with van der Waals surface area (Å²) in [5.74, 6) is -0.522. The normalized spacial score (nSPS) is 12.8. The first-order valence-electron chi connectivity index (χ1n) is 9.59. The van der Waals surface area contributed by atoms with Crippen molar-refractivity contribution in [1.29, 1.82) is 0 Å². The van der Waals surface area contributed by atoms with Crippen LogP contribution in [0, 0.1) is 0 Å². The zero-order valence-corrected chi connectivity index (χ0v) is 16.6. The van der Waals surface area contributed by atoms with Crippen molar-refractivity contribution in [2.45, 2.75) is 19.8 Å². The van der Waals surface area contributed by atoms with Gasteiger partial charge in [-0.1, -0.05) is 19.1 Å². The number of para-hydroxylation sites is 2. The largest absolute Gasteiger partial charge is 0.491 e. The van der Waals surface area contributed by atoms with Gasteiger partial charge >= 0.3 is 0 Å². The summed E-state index contributed by atoms with van der Waals surface area (Å²) in [6.45, 7) is 3.29. The Kier molecular flexibility index (Phi) is 6.61. The summed E-state index contributed by atoms with van der Waals surface area (Å²) in [6, 6.07) is 11.7. The molecule has 2 aromatic carbocycles. The molecule has 152 valence electrons. The molecule has 0 aromatic heterocycles. The van der Waals surface area contributed by atoms with E-state index in [0.717, 1.165) is 6.42 Å². The van der Waals surface area contributed by atoms with Gasteiger partial charge in [0.15, 0.2) is 0 Å². The van der Waals surface area contributed by atoms with Gasteiger partial charge in [0.05, 0.1) is 23.4 Å². The van der Waals surface area contributed by atoms with Crippen LogP contribution in [0.1, 0.15) is 50.8 Å². The molecule has 7 heteroatoms. The van der Waals surface area contributed by atoms with E-state index >= 15 is 0 Å². The Morgan fingerprint density at radius 3 is 2.55 bits per heavy atom. The minimum absolute atomic E-state index is 0.246. The van der Waals surface area contributed by atoms with E-state index < -0.39 is 0 Å². The number of benzene rings is 2. The second-order valence-electron chi connectivity index (χ2n) is 6.67. The zero-order chi connectivity index (χ0) is 20.8. The topological polar surface area (TPSA) is 84.9 Å². The molecule has 0 atom stereocenters. The fourth-order valence-electron chi connectivity index (χ4n) is 3.10. The molecule has 3 amide bonds. The maximum atomic E-state index is 12.7. The molecule has 0 saturated carbocycles. The van der Waals surface area contributed by atoms with E-state index in [1.165, 1.54) is 17.0 Å². The van der Waals surface area contributed by atoms with Gasteiger partial charge in [-0.2, -0.15) is 0 Å². The molecule has 7 nitrogen and oxygen atoms in total. The van der Waals surface area contributed by atoms with E-state index in [0.29, 0.717) is 42.2 Å². The van der Waals surface area contributed by atoms with Gasteiger partial charge in [0, 0.05) is 25.8 Å². The van der Waals surface area contributed by atoms with Crippen molar-refractivity contribution >= 4 is 23.4 Å². The third kappa shape index (κ3) is 4.46. The highest BCUT2D eigenvalue weighted by molar-refractivity contribution is 6.22. The summed E-state index contributed by atoms with van der Waals surface area (Å²) in [4.78, 5) is 39.0. The molecule has 0 unspecified atom stereocenters. The average molecular weight is 396 g/mol. The summed E-state index contributed by atoms with van der Waals surface area (Å²) in [5, 5.41) is 2.82. The lowest BCUT2D eigenvalue weighted by Crippen LogP contribution is -2.31. The highest BCUT2D eigenvalue weighted by Gasteiger charge is 2.35. The van der Waals surface area contributed by atoms with Crippen LogP contribution in [-0.4, -0.2) is 49.5 Å². The van der Waals surface area contributed by atoms with Gasteiger partial charge in [-0.15, -0.1) is 0 Å². The maximum Gasteiger partial charge on any atom is 0.261 e. The number of hydrogen-bond acceptors (Lipinski definition) is 5. The van der Waals surface area contributed by atoms with Crippen LogP contribution < -0.4 is 10.1 Å². The minimum Gasteiger partial charge on any atom is -0.491 e. The van der Waals surface area contributed by atoms with Crippen LogP contribution in [0.4, 0.5) is 5.69 Å².